The molecule has 3 aromatic rings. The Balaban J connectivity index is 1.54. The highest BCUT2D eigenvalue weighted by atomic mass is 16.5. The van der Waals surface area contributed by atoms with Crippen molar-refractivity contribution in [3.05, 3.63) is 95.7 Å². The van der Waals surface area contributed by atoms with E-state index in [1.165, 1.54) is 0 Å². The molecule has 2 unspecified atom stereocenters. The summed E-state index contributed by atoms with van der Waals surface area (Å²) in [5, 5.41) is 7.27. The predicted molar refractivity (Wildman–Crippen MR) is 134 cm³/mol. The summed E-state index contributed by atoms with van der Waals surface area (Å²) in [6.07, 6.45) is 2.56. The first-order valence-corrected chi connectivity index (χ1v) is 11.8. The molecule has 33 heavy (non-hydrogen) atoms. The lowest BCUT2D eigenvalue weighted by molar-refractivity contribution is -0.117. The van der Waals surface area contributed by atoms with Gasteiger partial charge in [-0.1, -0.05) is 56.3 Å². The molecule has 0 saturated heterocycles. The number of nitrogens with one attached hydrogen (secondary N) is 2. The van der Waals surface area contributed by atoms with Gasteiger partial charge in [-0.25, -0.2) is 0 Å². The topological polar surface area (TPSA) is 50.4 Å². The van der Waals surface area contributed by atoms with Crippen molar-refractivity contribution in [3.63, 3.8) is 0 Å². The first-order chi connectivity index (χ1) is 16.1. The van der Waals surface area contributed by atoms with Crippen molar-refractivity contribution in [2.75, 3.05) is 10.6 Å². The first kappa shape index (κ1) is 21.3. The molecular formula is C29H30N2O2. The number of hydrogen-bond acceptors (Lipinski definition) is 4. The Bertz CT molecular complexity index is 1180. The number of para-hydroxylation sites is 3. The lowest BCUT2D eigenvalue weighted by atomic mass is 9.78. The molecule has 1 aliphatic heterocycles. The third-order valence-electron chi connectivity index (χ3n) is 6.37. The zero-order chi connectivity index (χ0) is 22.8. The number of carbonyl (C=O) groups excluding carboxylic acids is 1. The number of fused-ring (bicyclic) bond motifs is 1. The van der Waals surface area contributed by atoms with Gasteiger partial charge < -0.3 is 15.4 Å². The van der Waals surface area contributed by atoms with E-state index < -0.39 is 0 Å². The van der Waals surface area contributed by atoms with Crippen LogP contribution in [-0.2, 0) is 4.79 Å². The highest BCUT2D eigenvalue weighted by Gasteiger charge is 2.35. The molecule has 1 heterocycles. The minimum atomic E-state index is -0.233. The molecule has 0 bridgehead atoms. The van der Waals surface area contributed by atoms with E-state index in [1.807, 2.05) is 60.7 Å². The van der Waals surface area contributed by atoms with Crippen LogP contribution >= 0.6 is 0 Å². The van der Waals surface area contributed by atoms with E-state index >= 15 is 0 Å². The molecule has 4 heteroatoms. The van der Waals surface area contributed by atoms with Gasteiger partial charge in [-0.05, 0) is 66.6 Å². The summed E-state index contributed by atoms with van der Waals surface area (Å²) in [4.78, 5) is 13.5. The second kappa shape index (κ2) is 9.14. The minimum absolute atomic E-state index is 0.231. The van der Waals surface area contributed by atoms with E-state index in [0.29, 0.717) is 18.3 Å². The fourth-order valence-electron chi connectivity index (χ4n) is 5.04. The number of ketones is 1. The van der Waals surface area contributed by atoms with Crippen molar-refractivity contribution >= 4 is 17.2 Å². The van der Waals surface area contributed by atoms with Crippen molar-refractivity contribution < 1.29 is 9.53 Å². The van der Waals surface area contributed by atoms with Crippen molar-refractivity contribution in [3.8, 4) is 11.5 Å². The van der Waals surface area contributed by atoms with E-state index in [1.54, 1.807) is 0 Å². The summed E-state index contributed by atoms with van der Waals surface area (Å²) in [5.41, 5.74) is 4.93. The number of allylic oxidation sites excluding steroid dienone is 1. The fraction of sp³-hybridized carbons (Fsp3) is 0.276. The smallest absolute Gasteiger partial charge is 0.163 e. The van der Waals surface area contributed by atoms with Crippen LogP contribution in [-0.4, -0.2) is 5.78 Å². The van der Waals surface area contributed by atoms with Gasteiger partial charge >= 0.3 is 0 Å². The number of rotatable bonds is 5. The summed E-state index contributed by atoms with van der Waals surface area (Å²) in [6.45, 7) is 4.46. The molecule has 0 spiro atoms. The highest BCUT2D eigenvalue weighted by molar-refractivity contribution is 6.00. The van der Waals surface area contributed by atoms with Crippen LogP contribution in [0.1, 0.15) is 44.7 Å². The molecule has 1 aliphatic carbocycles. The van der Waals surface area contributed by atoms with Crippen molar-refractivity contribution in [1.29, 1.82) is 0 Å². The van der Waals surface area contributed by atoms with Crippen LogP contribution in [0.2, 0.25) is 0 Å². The lowest BCUT2D eigenvalue weighted by Crippen LogP contribution is -2.28. The normalized spacial score (nSPS) is 19.8. The third kappa shape index (κ3) is 4.65. The monoisotopic (exact) mass is 438 g/mol. The third-order valence-corrected chi connectivity index (χ3v) is 6.37. The molecule has 0 aromatic heterocycles. The highest BCUT2D eigenvalue weighted by Crippen LogP contribution is 2.43. The van der Waals surface area contributed by atoms with Crippen LogP contribution in [0, 0.1) is 11.8 Å². The van der Waals surface area contributed by atoms with Crippen LogP contribution in [0.3, 0.4) is 0 Å². The number of carbonyl (C=O) groups is 1. The molecule has 3 aromatic carbocycles. The molecule has 2 N–H and O–H groups in total. The van der Waals surface area contributed by atoms with Crippen LogP contribution in [0.4, 0.5) is 11.4 Å². The van der Waals surface area contributed by atoms with Gasteiger partial charge in [0, 0.05) is 17.7 Å². The Hall–Kier alpha value is -3.53. The molecular weight excluding hydrogens is 408 g/mol. The maximum absolute atomic E-state index is 13.5. The Kier molecular flexibility index (Phi) is 5.91. The van der Waals surface area contributed by atoms with E-state index in [2.05, 4.69) is 42.7 Å². The summed E-state index contributed by atoms with van der Waals surface area (Å²) >= 11 is 0. The van der Waals surface area contributed by atoms with Crippen LogP contribution in [0.5, 0.6) is 11.5 Å². The molecule has 168 valence electrons. The van der Waals surface area contributed by atoms with Gasteiger partial charge in [-0.3, -0.25) is 4.79 Å². The minimum Gasteiger partial charge on any atom is -0.457 e. The van der Waals surface area contributed by atoms with Gasteiger partial charge in [-0.15, -0.1) is 0 Å². The second-order valence-electron chi connectivity index (χ2n) is 9.45. The summed E-state index contributed by atoms with van der Waals surface area (Å²) in [7, 11) is 0. The average Bonchev–Trinajstić information content (AvgIpc) is 2.96. The quantitative estimate of drug-likeness (QED) is 0.438. The van der Waals surface area contributed by atoms with E-state index in [9.17, 15) is 4.79 Å². The molecule has 5 rings (SSSR count). The Morgan fingerprint density at radius 2 is 1.61 bits per heavy atom. The van der Waals surface area contributed by atoms with Gasteiger partial charge in [0.05, 0.1) is 17.4 Å². The lowest BCUT2D eigenvalue weighted by Gasteiger charge is -2.30. The van der Waals surface area contributed by atoms with Gasteiger partial charge in [0.2, 0.25) is 0 Å². The summed E-state index contributed by atoms with van der Waals surface area (Å²) in [6, 6.07) is 25.8. The molecule has 0 radical (unpaired) electrons. The molecule has 2 aliphatic rings. The van der Waals surface area contributed by atoms with Crippen molar-refractivity contribution in [2.24, 2.45) is 11.8 Å². The number of Topliss-reactive ketones (excluding diaryl/α,β-unsaturated/α-hetero) is 1. The molecule has 4 nitrogen and oxygen atoms in total. The van der Waals surface area contributed by atoms with Gasteiger partial charge in [-0.2, -0.15) is 0 Å². The van der Waals surface area contributed by atoms with E-state index in [-0.39, 0.29) is 11.8 Å². The Morgan fingerprint density at radius 1 is 0.879 bits per heavy atom. The standard InChI is InChI=1S/C29H30N2O2/c1-19(2)15-20-16-26-28(27(32)17-20)29(31-25-14-7-6-13-24(25)30-26)21-9-8-12-23(18-21)33-22-10-4-3-5-11-22/h3-14,18-20,29-31H,15-17H2,1-2H3. The van der Waals surface area contributed by atoms with Gasteiger partial charge in [0.25, 0.3) is 0 Å². The average molecular weight is 439 g/mol. The number of ether oxygens (including phenoxy) is 1. The second-order valence-corrected chi connectivity index (χ2v) is 9.45. The fourth-order valence-corrected chi connectivity index (χ4v) is 5.04. The van der Waals surface area contributed by atoms with Gasteiger partial charge in [0.15, 0.2) is 5.78 Å². The number of hydrogen-bond donors (Lipinski definition) is 2. The molecule has 0 amide bonds. The largest absolute Gasteiger partial charge is 0.457 e. The molecule has 0 fully saturated rings. The zero-order valence-corrected chi connectivity index (χ0v) is 19.2. The molecule has 2 atom stereocenters. The van der Waals surface area contributed by atoms with Crippen LogP contribution < -0.4 is 15.4 Å². The molecule has 0 saturated carbocycles. The van der Waals surface area contributed by atoms with Crippen LogP contribution in [0.25, 0.3) is 0 Å². The first-order valence-electron chi connectivity index (χ1n) is 11.8. The SMILES string of the molecule is CC(C)CC1CC(=O)C2=C(C1)Nc1ccccc1NC2c1cccc(Oc2ccccc2)c1. The maximum Gasteiger partial charge on any atom is 0.163 e. The van der Waals surface area contributed by atoms with Crippen LogP contribution in [0.15, 0.2) is 90.1 Å². The number of benzene rings is 3. The van der Waals surface area contributed by atoms with E-state index in [0.717, 1.165) is 52.5 Å². The predicted octanol–water partition coefficient (Wildman–Crippen LogP) is 7.34. The van der Waals surface area contributed by atoms with Crippen molar-refractivity contribution in [1.82, 2.24) is 0 Å². The summed E-state index contributed by atoms with van der Waals surface area (Å²) in [5.74, 6) is 2.73. The van der Waals surface area contributed by atoms with Crippen molar-refractivity contribution in [2.45, 2.75) is 39.2 Å². The number of anilines is 2. The van der Waals surface area contributed by atoms with E-state index in [4.69, 9.17) is 4.74 Å². The Labute approximate surface area is 195 Å². The Morgan fingerprint density at radius 3 is 2.39 bits per heavy atom. The maximum atomic E-state index is 13.5. The summed E-state index contributed by atoms with van der Waals surface area (Å²) < 4.78 is 6.09. The zero-order valence-electron chi connectivity index (χ0n) is 19.2. The van der Waals surface area contributed by atoms with Gasteiger partial charge in [0.1, 0.15) is 11.5 Å².